The van der Waals surface area contributed by atoms with Crippen molar-refractivity contribution in [1.29, 1.82) is 0 Å². The van der Waals surface area contributed by atoms with Crippen molar-refractivity contribution < 1.29 is 19.1 Å². The molecule has 11 heteroatoms. The number of hydrogen-bond acceptors (Lipinski definition) is 7. The maximum Gasteiger partial charge on any atom is 0.333 e. The Balaban J connectivity index is 1.65. The Morgan fingerprint density at radius 3 is 2.04 bits per heavy atom. The van der Waals surface area contributed by atoms with Crippen LogP contribution in [0.4, 0.5) is 0 Å². The van der Waals surface area contributed by atoms with E-state index < -0.39 is 36.2 Å². The molecule has 0 aliphatic carbocycles. The molecule has 0 aliphatic rings. The van der Waals surface area contributed by atoms with Gasteiger partial charge in [-0.1, -0.05) is 92.7 Å². The fourth-order valence-corrected chi connectivity index (χ4v) is 12.0. The zero-order valence-electron chi connectivity index (χ0n) is 29.0. The molecule has 2 heterocycles. The fourth-order valence-electron chi connectivity index (χ4n) is 6.69. The summed E-state index contributed by atoms with van der Waals surface area (Å²) >= 11 is 4.89. The van der Waals surface area contributed by atoms with Gasteiger partial charge < -0.3 is 14.3 Å². The van der Waals surface area contributed by atoms with Crippen molar-refractivity contribution in [2.24, 2.45) is 0 Å². The van der Waals surface area contributed by atoms with Gasteiger partial charge in [-0.05, 0) is 70.7 Å². The zero-order chi connectivity index (χ0) is 35.7. The first-order chi connectivity index (χ1) is 23.2. The minimum Gasteiger partial charge on any atom is -0.496 e. The highest BCUT2D eigenvalue weighted by atomic mass is 79.9. The molecule has 49 heavy (non-hydrogen) atoms. The molecule has 0 aliphatic heterocycles. The lowest BCUT2D eigenvalue weighted by molar-refractivity contribution is -0.127. The van der Waals surface area contributed by atoms with Gasteiger partial charge in [0.15, 0.2) is 5.78 Å². The number of ketones is 1. The minimum absolute atomic E-state index is 0.0779. The van der Waals surface area contributed by atoms with E-state index in [0.717, 1.165) is 24.3 Å². The monoisotopic (exact) mass is 762 g/mol. The van der Waals surface area contributed by atoms with Gasteiger partial charge >= 0.3 is 5.69 Å². The molecule has 8 nitrogen and oxygen atoms in total. The largest absolute Gasteiger partial charge is 0.496 e. The van der Waals surface area contributed by atoms with Crippen molar-refractivity contribution in [2.45, 2.75) is 71.2 Å². The standard InChI is InChI=1S/C38H43BrN2O6SSi/c1-8-47-30(28-21-15-16-22-29(28)46-7)24-40-35-32(25(2)33(39)48-35)34(43)41(36(40)44)38(5,6)31(42)23-37(3,4)49(45,26-17-11-9-12-18-26)27-19-13-10-14-20-27/h9-22,30,45H,8,23-24H2,1-7H3/t30-/m0/s1. The van der Waals surface area contributed by atoms with Crippen LogP contribution >= 0.6 is 27.3 Å². The first-order valence-electron chi connectivity index (χ1n) is 16.3. The van der Waals surface area contributed by atoms with E-state index >= 15 is 0 Å². The van der Waals surface area contributed by atoms with Crippen LogP contribution in [0.1, 0.15) is 58.3 Å². The molecule has 3 aromatic carbocycles. The normalized spacial score (nSPS) is 13.1. The van der Waals surface area contributed by atoms with Gasteiger partial charge in [0.2, 0.25) is 0 Å². The van der Waals surface area contributed by atoms with Crippen LogP contribution in [0.25, 0.3) is 10.2 Å². The van der Waals surface area contributed by atoms with E-state index in [1.807, 2.05) is 113 Å². The van der Waals surface area contributed by atoms with Crippen LogP contribution in [0.3, 0.4) is 0 Å². The van der Waals surface area contributed by atoms with Gasteiger partial charge in [-0.15, -0.1) is 11.3 Å². The third kappa shape index (κ3) is 6.54. The number of methoxy groups -OCH3 is 1. The molecule has 5 rings (SSSR count). The Morgan fingerprint density at radius 1 is 0.939 bits per heavy atom. The number of hydrogen-bond donors (Lipinski definition) is 1. The molecular weight excluding hydrogens is 720 g/mol. The minimum atomic E-state index is -3.56. The summed E-state index contributed by atoms with van der Waals surface area (Å²) in [6, 6.07) is 26.4. The van der Waals surface area contributed by atoms with Crippen molar-refractivity contribution >= 4 is 62.0 Å². The number of thiophene rings is 1. The molecule has 0 saturated heterocycles. The summed E-state index contributed by atoms with van der Waals surface area (Å²) in [5.41, 5.74) is -1.25. The van der Waals surface area contributed by atoms with Crippen LogP contribution < -0.4 is 26.4 Å². The predicted molar refractivity (Wildman–Crippen MR) is 203 cm³/mol. The number of Topliss-reactive ketones (excluding diaryl/α,β-unsaturated/α-hetero) is 1. The van der Waals surface area contributed by atoms with E-state index in [1.165, 1.54) is 11.3 Å². The number of aromatic nitrogens is 2. The second-order valence-corrected chi connectivity index (χ2v) is 19.6. The summed E-state index contributed by atoms with van der Waals surface area (Å²) in [7, 11) is -1.98. The number of halogens is 1. The Morgan fingerprint density at radius 2 is 1.49 bits per heavy atom. The van der Waals surface area contributed by atoms with E-state index in [0.29, 0.717) is 28.1 Å². The van der Waals surface area contributed by atoms with Gasteiger partial charge in [0.25, 0.3) is 13.9 Å². The van der Waals surface area contributed by atoms with Crippen molar-refractivity contribution in [3.8, 4) is 5.75 Å². The summed E-state index contributed by atoms with van der Waals surface area (Å²) in [5, 5.41) is 0.984. The number of aryl methyl sites for hydroxylation is 1. The topological polar surface area (TPSA) is 99.8 Å². The highest BCUT2D eigenvalue weighted by Crippen LogP contribution is 2.41. The number of fused-ring (bicyclic) bond motifs is 1. The number of carbonyl (C=O) groups is 1. The molecular formula is C38H43BrN2O6SSi. The SMILES string of the molecule is CCO[C@@H](Cn1c(=O)n(C(C)(C)C(=O)CC(C)(C)[Si](O)(c2ccccc2)c2ccccc2)c(=O)c2c(C)c(Br)sc21)c1ccccc1OC. The molecule has 1 N–H and O–H groups in total. The zero-order valence-corrected chi connectivity index (χ0v) is 32.4. The van der Waals surface area contributed by atoms with E-state index in [9.17, 15) is 19.2 Å². The summed E-state index contributed by atoms with van der Waals surface area (Å²) in [6.45, 7) is 11.2. The Kier molecular flexibility index (Phi) is 10.7. The molecule has 0 bridgehead atoms. The lowest BCUT2D eigenvalue weighted by Crippen LogP contribution is -2.66. The molecule has 0 amide bonds. The van der Waals surface area contributed by atoms with Crippen LogP contribution in [0, 0.1) is 6.92 Å². The molecule has 1 atom stereocenters. The van der Waals surface area contributed by atoms with E-state index in [-0.39, 0.29) is 18.7 Å². The van der Waals surface area contributed by atoms with Crippen molar-refractivity contribution in [3.05, 3.63) is 121 Å². The average molecular weight is 764 g/mol. The number of ether oxygens (including phenoxy) is 2. The number of rotatable bonds is 13. The smallest absolute Gasteiger partial charge is 0.333 e. The lowest BCUT2D eigenvalue weighted by atomic mass is 9.91. The number of carbonyl (C=O) groups excluding carboxylic acids is 1. The van der Waals surface area contributed by atoms with Crippen LogP contribution in [-0.4, -0.2) is 41.7 Å². The Hall–Kier alpha value is -3.61. The highest BCUT2D eigenvalue weighted by molar-refractivity contribution is 9.11. The molecule has 0 fully saturated rings. The van der Waals surface area contributed by atoms with Crippen molar-refractivity contribution in [3.63, 3.8) is 0 Å². The average Bonchev–Trinajstić information content (AvgIpc) is 3.39. The molecule has 0 spiro atoms. The van der Waals surface area contributed by atoms with Crippen LogP contribution in [-0.2, 0) is 21.6 Å². The van der Waals surface area contributed by atoms with Gasteiger partial charge in [-0.3, -0.25) is 14.2 Å². The third-order valence-electron chi connectivity index (χ3n) is 9.56. The Bertz CT molecular complexity index is 2050. The Labute approximate surface area is 300 Å². The summed E-state index contributed by atoms with van der Waals surface area (Å²) < 4.78 is 15.2. The van der Waals surface area contributed by atoms with Crippen LogP contribution in [0.2, 0.25) is 5.04 Å². The number of nitrogens with zero attached hydrogens (tertiary/aromatic N) is 2. The van der Waals surface area contributed by atoms with Gasteiger partial charge in [-0.2, -0.15) is 0 Å². The fraction of sp³-hybridized carbons (Fsp3) is 0.342. The van der Waals surface area contributed by atoms with Gasteiger partial charge in [0, 0.05) is 18.6 Å². The molecule has 0 saturated carbocycles. The van der Waals surface area contributed by atoms with Crippen LogP contribution in [0.5, 0.6) is 5.75 Å². The molecule has 0 radical (unpaired) electrons. The molecule has 2 aromatic heterocycles. The maximum absolute atomic E-state index is 14.6. The summed E-state index contributed by atoms with van der Waals surface area (Å²) in [4.78, 5) is 56.8. The summed E-state index contributed by atoms with van der Waals surface area (Å²) in [5.74, 6) is 0.284. The van der Waals surface area contributed by atoms with Gasteiger partial charge in [-0.25, -0.2) is 9.36 Å². The van der Waals surface area contributed by atoms with Gasteiger partial charge in [0.05, 0.1) is 22.8 Å². The van der Waals surface area contributed by atoms with Gasteiger partial charge in [0.1, 0.15) is 22.2 Å². The number of benzene rings is 3. The second-order valence-electron chi connectivity index (χ2n) is 13.4. The van der Waals surface area contributed by atoms with E-state index in [1.54, 1.807) is 25.5 Å². The maximum atomic E-state index is 14.6. The molecule has 258 valence electrons. The lowest BCUT2D eigenvalue weighted by Gasteiger charge is -2.42. The molecule has 5 aromatic rings. The third-order valence-corrected chi connectivity index (χ3v) is 16.2. The predicted octanol–water partition coefficient (Wildman–Crippen LogP) is 6.31. The van der Waals surface area contributed by atoms with Crippen LogP contribution in [0.15, 0.2) is 98.3 Å². The first kappa shape index (κ1) is 36.7. The van der Waals surface area contributed by atoms with E-state index in [4.69, 9.17) is 9.47 Å². The van der Waals surface area contributed by atoms with E-state index in [2.05, 4.69) is 15.9 Å². The second kappa shape index (κ2) is 14.3. The van der Waals surface area contributed by atoms with Crippen molar-refractivity contribution in [1.82, 2.24) is 9.13 Å². The first-order valence-corrected chi connectivity index (χ1v) is 19.8. The quantitative estimate of drug-likeness (QED) is 0.141. The molecule has 0 unspecified atom stereocenters. The highest BCUT2D eigenvalue weighted by Gasteiger charge is 2.52. The number of para-hydroxylation sites is 1. The summed E-state index contributed by atoms with van der Waals surface area (Å²) in [6.07, 6.45) is -0.657. The van der Waals surface area contributed by atoms with Crippen molar-refractivity contribution in [2.75, 3.05) is 13.7 Å².